The van der Waals surface area contributed by atoms with Gasteiger partial charge in [0, 0.05) is 25.6 Å². The highest BCUT2D eigenvalue weighted by Gasteiger charge is 2.15. The zero-order valence-electron chi connectivity index (χ0n) is 20.0. The molecule has 2 aromatic heterocycles. The number of aryl methyl sites for hydroxylation is 2. The van der Waals surface area contributed by atoms with Gasteiger partial charge in [-0.2, -0.15) is 5.10 Å². The van der Waals surface area contributed by atoms with Gasteiger partial charge >= 0.3 is 6.09 Å². The molecule has 1 N–H and O–H groups in total. The van der Waals surface area contributed by atoms with Gasteiger partial charge in [-0.1, -0.05) is 36.8 Å². The Morgan fingerprint density at radius 2 is 2.03 bits per heavy atom. The number of para-hydroxylation sites is 1. The Bertz CT molecular complexity index is 1160. The Morgan fingerprint density at radius 3 is 2.82 bits per heavy atom. The van der Waals surface area contributed by atoms with E-state index in [2.05, 4.69) is 56.1 Å². The molecule has 3 rings (SSSR count). The molecular weight excluding hydrogens is 434 g/mol. The van der Waals surface area contributed by atoms with Crippen LogP contribution >= 0.6 is 11.3 Å². The molecule has 1 aromatic carbocycles. The fourth-order valence-electron chi connectivity index (χ4n) is 3.30. The number of unbranched alkanes of at least 4 members (excludes halogenated alkanes) is 1. The normalized spacial score (nSPS) is 12.5. The average Bonchev–Trinajstić information content (AvgIpc) is 3.12. The summed E-state index contributed by atoms with van der Waals surface area (Å²) in [7, 11) is 0. The van der Waals surface area contributed by atoms with E-state index in [1.165, 1.54) is 6.42 Å². The number of nitrogens with one attached hydrogen (secondary N) is 1. The van der Waals surface area contributed by atoms with Gasteiger partial charge in [0.25, 0.3) is 0 Å². The topological polar surface area (TPSA) is 71.9 Å². The van der Waals surface area contributed by atoms with E-state index in [1.54, 1.807) is 17.6 Å². The Kier molecular flexibility index (Phi) is 8.77. The number of rotatable bonds is 9. The van der Waals surface area contributed by atoms with Crippen molar-refractivity contribution in [3.8, 4) is 0 Å². The van der Waals surface area contributed by atoms with E-state index in [0.29, 0.717) is 6.54 Å². The number of hydrogen-bond donors (Lipinski definition) is 1. The first-order valence-corrected chi connectivity index (χ1v) is 12.3. The standard InChI is InChI=1S/C25H33N5O2S/c1-5-6-15-29-16-9-11-20(19-29)18-27-28-23-30(21-12-7-8-13-22(21)33-23)17-10-14-26-24(31)32-25(2,3)4/h7-9,11-13,16,18-19H,5-6,10,14-15,17H2,1-4H3/p+1/b27-18+,28-23-. The van der Waals surface area contributed by atoms with Gasteiger partial charge < -0.3 is 14.6 Å². The van der Waals surface area contributed by atoms with E-state index < -0.39 is 11.7 Å². The molecule has 0 spiro atoms. The van der Waals surface area contributed by atoms with E-state index >= 15 is 0 Å². The first-order valence-electron chi connectivity index (χ1n) is 11.5. The molecule has 0 aliphatic carbocycles. The summed E-state index contributed by atoms with van der Waals surface area (Å²) in [5, 5.41) is 11.7. The van der Waals surface area contributed by atoms with Crippen LogP contribution in [0.4, 0.5) is 4.79 Å². The number of aromatic nitrogens is 2. The van der Waals surface area contributed by atoms with Crippen molar-refractivity contribution in [1.29, 1.82) is 0 Å². The van der Waals surface area contributed by atoms with E-state index in [4.69, 9.17) is 4.74 Å². The van der Waals surface area contributed by atoms with Crippen molar-refractivity contribution in [3.05, 3.63) is 59.2 Å². The lowest BCUT2D eigenvalue weighted by Crippen LogP contribution is -2.33. The highest BCUT2D eigenvalue weighted by molar-refractivity contribution is 7.16. The molecule has 0 aliphatic rings. The lowest BCUT2D eigenvalue weighted by molar-refractivity contribution is -0.697. The fraction of sp³-hybridized carbons (Fsp3) is 0.440. The van der Waals surface area contributed by atoms with Crippen molar-refractivity contribution in [2.75, 3.05) is 6.54 Å². The predicted molar refractivity (Wildman–Crippen MR) is 133 cm³/mol. The first-order chi connectivity index (χ1) is 15.9. The second-order valence-electron chi connectivity index (χ2n) is 8.86. The maximum absolute atomic E-state index is 11.9. The molecule has 0 bridgehead atoms. The molecule has 2 heterocycles. The summed E-state index contributed by atoms with van der Waals surface area (Å²) >= 11 is 1.61. The van der Waals surface area contributed by atoms with Crippen LogP contribution in [0.25, 0.3) is 10.2 Å². The van der Waals surface area contributed by atoms with Crippen molar-refractivity contribution >= 4 is 33.9 Å². The van der Waals surface area contributed by atoms with Gasteiger partial charge in [0.15, 0.2) is 12.4 Å². The molecule has 3 aromatic rings. The van der Waals surface area contributed by atoms with Crippen LogP contribution in [0, 0.1) is 0 Å². The molecule has 0 saturated heterocycles. The van der Waals surface area contributed by atoms with E-state index in [9.17, 15) is 4.79 Å². The first kappa shape index (κ1) is 24.6. The van der Waals surface area contributed by atoms with Gasteiger partial charge in [-0.3, -0.25) is 0 Å². The molecule has 0 unspecified atom stereocenters. The molecule has 0 aliphatic heterocycles. The molecule has 7 nitrogen and oxygen atoms in total. The summed E-state index contributed by atoms with van der Waals surface area (Å²) in [6, 6.07) is 12.3. The largest absolute Gasteiger partial charge is 0.444 e. The number of carbonyl (C=O) groups excluding carboxylic acids is 1. The van der Waals surface area contributed by atoms with Gasteiger partial charge in [-0.25, -0.2) is 9.36 Å². The SMILES string of the molecule is CCCC[n+]1cccc(/C=N/N=c2\sc3ccccc3n2CCCNC(=O)OC(C)(C)C)c1. The third kappa shape index (κ3) is 7.82. The summed E-state index contributed by atoms with van der Waals surface area (Å²) < 4.78 is 10.8. The van der Waals surface area contributed by atoms with Crippen molar-refractivity contribution in [2.24, 2.45) is 10.2 Å². The van der Waals surface area contributed by atoms with Crippen LogP contribution in [-0.2, 0) is 17.8 Å². The number of ether oxygens (including phenoxy) is 1. The van der Waals surface area contributed by atoms with Gasteiger partial charge in [0.2, 0.25) is 4.80 Å². The van der Waals surface area contributed by atoms with Gasteiger partial charge in [-0.05, 0) is 45.4 Å². The van der Waals surface area contributed by atoms with Crippen LogP contribution in [0.2, 0.25) is 0 Å². The number of benzene rings is 1. The molecule has 1 amide bonds. The zero-order chi connectivity index (χ0) is 23.7. The lowest BCUT2D eigenvalue weighted by Gasteiger charge is -2.19. The summed E-state index contributed by atoms with van der Waals surface area (Å²) in [5.74, 6) is 0. The van der Waals surface area contributed by atoms with E-state index in [0.717, 1.165) is 46.5 Å². The minimum absolute atomic E-state index is 0.392. The second kappa shape index (κ2) is 11.7. The van der Waals surface area contributed by atoms with Gasteiger partial charge in [-0.15, -0.1) is 5.10 Å². The number of carbonyl (C=O) groups is 1. The molecule has 0 saturated carbocycles. The molecule has 33 heavy (non-hydrogen) atoms. The lowest BCUT2D eigenvalue weighted by atomic mass is 10.2. The number of pyridine rings is 1. The highest BCUT2D eigenvalue weighted by atomic mass is 32.1. The minimum atomic E-state index is -0.500. The minimum Gasteiger partial charge on any atom is -0.444 e. The van der Waals surface area contributed by atoms with Gasteiger partial charge in [0.1, 0.15) is 12.1 Å². The van der Waals surface area contributed by atoms with Crippen LogP contribution in [0.1, 0.15) is 52.5 Å². The number of nitrogens with zero attached hydrogens (tertiary/aromatic N) is 4. The Hall–Kier alpha value is -3.00. The average molecular weight is 469 g/mol. The van der Waals surface area contributed by atoms with Crippen molar-refractivity contribution < 1.29 is 14.1 Å². The number of alkyl carbamates (subject to hydrolysis) is 1. The molecule has 0 radical (unpaired) electrons. The summed E-state index contributed by atoms with van der Waals surface area (Å²) in [4.78, 5) is 12.7. The molecule has 0 fully saturated rings. The molecule has 176 valence electrons. The fourth-order valence-corrected chi connectivity index (χ4v) is 4.31. The van der Waals surface area contributed by atoms with Gasteiger partial charge in [0.05, 0.1) is 22.0 Å². The number of amides is 1. The van der Waals surface area contributed by atoms with E-state index in [1.807, 2.05) is 45.0 Å². The van der Waals surface area contributed by atoms with Crippen LogP contribution < -0.4 is 14.7 Å². The summed E-state index contributed by atoms with van der Waals surface area (Å²) in [6.45, 7) is 10.0. The van der Waals surface area contributed by atoms with Crippen LogP contribution in [-0.4, -0.2) is 29.0 Å². The van der Waals surface area contributed by atoms with Crippen molar-refractivity contribution in [3.63, 3.8) is 0 Å². The van der Waals surface area contributed by atoms with Crippen LogP contribution in [0.3, 0.4) is 0 Å². The molecule has 8 heteroatoms. The monoisotopic (exact) mass is 468 g/mol. The third-order valence-corrected chi connectivity index (χ3v) is 5.87. The van der Waals surface area contributed by atoms with E-state index in [-0.39, 0.29) is 0 Å². The quantitative estimate of drug-likeness (QED) is 0.215. The van der Waals surface area contributed by atoms with Crippen molar-refractivity contribution in [1.82, 2.24) is 9.88 Å². The maximum Gasteiger partial charge on any atom is 0.407 e. The predicted octanol–water partition coefficient (Wildman–Crippen LogP) is 4.64. The Balaban J connectivity index is 1.71. The summed E-state index contributed by atoms with van der Waals surface area (Å²) in [5.41, 5.74) is 1.64. The number of hydrogen-bond acceptors (Lipinski definition) is 5. The molecule has 0 atom stereocenters. The second-order valence-corrected chi connectivity index (χ2v) is 9.87. The third-order valence-electron chi connectivity index (χ3n) is 4.82. The smallest absolute Gasteiger partial charge is 0.407 e. The highest BCUT2D eigenvalue weighted by Crippen LogP contribution is 2.17. The van der Waals surface area contributed by atoms with Crippen LogP contribution in [0.15, 0.2) is 59.0 Å². The Morgan fingerprint density at radius 1 is 1.21 bits per heavy atom. The summed E-state index contributed by atoms with van der Waals surface area (Å²) in [6.07, 6.45) is 8.65. The molecular formula is C25H34N5O2S+. The zero-order valence-corrected chi connectivity index (χ0v) is 20.8. The maximum atomic E-state index is 11.9. The number of fused-ring (bicyclic) bond motifs is 1. The number of thiazole rings is 1. The van der Waals surface area contributed by atoms with Crippen LogP contribution in [0.5, 0.6) is 0 Å². The van der Waals surface area contributed by atoms with Crippen molar-refractivity contribution in [2.45, 2.75) is 65.6 Å². The Labute approximate surface area is 199 Å².